The van der Waals surface area contributed by atoms with Gasteiger partial charge in [0.25, 0.3) is 0 Å². The normalized spacial score (nSPS) is 11.9. The molecule has 0 aliphatic rings. The van der Waals surface area contributed by atoms with Crippen LogP contribution in [-0.2, 0) is 23.7 Å². The van der Waals surface area contributed by atoms with Crippen molar-refractivity contribution in [2.24, 2.45) is 0 Å². The summed E-state index contributed by atoms with van der Waals surface area (Å²) in [5.74, 6) is 0.161. The van der Waals surface area contributed by atoms with Crippen molar-refractivity contribution in [3.8, 4) is 11.1 Å². The summed E-state index contributed by atoms with van der Waals surface area (Å²) < 4.78 is 0. The number of benzene rings is 4. The topological polar surface area (TPSA) is 12.0 Å². The number of nitrogens with one attached hydrogen (secondary N) is 1. The van der Waals surface area contributed by atoms with Gasteiger partial charge in [0.05, 0.1) is 0 Å². The Labute approximate surface area is 220 Å². The Kier molecular flexibility index (Phi) is 12.9. The fourth-order valence-corrected chi connectivity index (χ4v) is 4.09. The van der Waals surface area contributed by atoms with Crippen molar-refractivity contribution in [1.29, 1.82) is 0 Å². The van der Waals surface area contributed by atoms with E-state index in [2.05, 4.69) is 137 Å². The first-order chi connectivity index (χ1) is 16.3. The second-order valence-electron chi connectivity index (χ2n) is 8.03. The van der Waals surface area contributed by atoms with Crippen LogP contribution in [0.25, 0.3) is 11.1 Å². The first-order valence-corrected chi connectivity index (χ1v) is 13.5. The first-order valence-electron chi connectivity index (χ1n) is 11.3. The predicted octanol–water partition coefficient (Wildman–Crippen LogP) is 8.37. The van der Waals surface area contributed by atoms with Gasteiger partial charge in [0.2, 0.25) is 0 Å². The summed E-state index contributed by atoms with van der Waals surface area (Å²) in [6.07, 6.45) is 2.16. The summed E-state index contributed by atoms with van der Waals surface area (Å²) in [4.78, 5) is 0. The molecular formula is C31H33ClNRu+. The van der Waals surface area contributed by atoms with E-state index in [1.807, 2.05) is 17.3 Å². The van der Waals surface area contributed by atoms with Gasteiger partial charge in [-0.05, 0) is 41.6 Å². The third-order valence-corrected chi connectivity index (χ3v) is 5.86. The Bertz CT molecular complexity index is 1040. The molecule has 3 heteroatoms. The van der Waals surface area contributed by atoms with Crippen LogP contribution in [0.1, 0.15) is 35.1 Å². The molecule has 0 amide bonds. The molecule has 0 saturated heterocycles. The predicted molar refractivity (Wildman–Crippen MR) is 144 cm³/mol. The first kappa shape index (κ1) is 28.0. The standard InChI is InChI=1S/C30H30N.CH3.ClH.Ru/c1-24(26-13-5-2-6-14-26)30(29-17-9-4-10-18-29)31-23-11-12-25-19-21-28(22-20-25)27-15-7-3-8-16-27;;;/h2-10,13-22,24,30-31H,1,11-12,23H2;1H3;1H;/q2*-1;;+4/p-1/t24-,30+;;;/m1.../s1. The van der Waals surface area contributed by atoms with E-state index in [0.29, 0.717) is 0 Å². The van der Waals surface area contributed by atoms with Gasteiger partial charge in [0.15, 0.2) is 0 Å². The summed E-state index contributed by atoms with van der Waals surface area (Å²) in [5, 5.41) is 3.78. The average molecular weight is 556 g/mol. The minimum atomic E-state index is 0. The quantitative estimate of drug-likeness (QED) is 0.124. The van der Waals surface area contributed by atoms with Crippen molar-refractivity contribution >= 4 is 9.69 Å². The number of hydrogen-bond donors (Lipinski definition) is 1. The summed E-state index contributed by atoms with van der Waals surface area (Å²) >= 11 is 1.82. The second-order valence-corrected chi connectivity index (χ2v) is 8.03. The van der Waals surface area contributed by atoms with Gasteiger partial charge in [0, 0.05) is 6.04 Å². The molecule has 0 aliphatic heterocycles. The van der Waals surface area contributed by atoms with Gasteiger partial charge < -0.3 is 19.7 Å². The fraction of sp³-hybridized carbons (Fsp3) is 0.161. The van der Waals surface area contributed by atoms with Crippen molar-refractivity contribution < 1.29 is 17.3 Å². The Morgan fingerprint density at radius 2 is 1.12 bits per heavy atom. The summed E-state index contributed by atoms with van der Waals surface area (Å²) in [5.41, 5.74) is 6.48. The zero-order valence-corrected chi connectivity index (χ0v) is 22.2. The second kappa shape index (κ2) is 15.6. The molecule has 1 N–H and O–H groups in total. The molecule has 0 radical (unpaired) electrons. The Morgan fingerprint density at radius 3 is 1.68 bits per heavy atom. The molecule has 4 aromatic carbocycles. The molecule has 34 heavy (non-hydrogen) atoms. The van der Waals surface area contributed by atoms with E-state index < -0.39 is 0 Å². The van der Waals surface area contributed by atoms with Crippen molar-refractivity contribution in [1.82, 2.24) is 5.32 Å². The summed E-state index contributed by atoms with van der Waals surface area (Å²) in [7, 11) is 4.57. The zero-order chi connectivity index (χ0) is 23.3. The van der Waals surface area contributed by atoms with Crippen molar-refractivity contribution in [3.05, 3.63) is 146 Å². The fourth-order valence-electron chi connectivity index (χ4n) is 4.09. The molecule has 0 fully saturated rings. The molecule has 0 aliphatic carbocycles. The minimum absolute atomic E-state index is 0. The van der Waals surface area contributed by atoms with Gasteiger partial charge in [-0.3, -0.25) is 0 Å². The maximum atomic E-state index is 4.57. The van der Waals surface area contributed by atoms with E-state index in [-0.39, 0.29) is 19.4 Å². The SMILES string of the molecule is [CH2-][C@H](c1ccccc1)[C@H](NCCCc1ccc(-c2ccccc2)cc1)c1ccccc1.[CH3-].[Cl][Ru+3]. The number of rotatable bonds is 9. The molecule has 1 nitrogen and oxygen atoms in total. The zero-order valence-electron chi connectivity index (χ0n) is 19.7. The molecule has 4 aromatic rings. The number of halogens is 1. The van der Waals surface area contributed by atoms with E-state index in [1.165, 1.54) is 27.8 Å². The van der Waals surface area contributed by atoms with Gasteiger partial charge in [-0.15, -0.1) is 5.92 Å². The van der Waals surface area contributed by atoms with Crippen LogP contribution in [0.2, 0.25) is 0 Å². The van der Waals surface area contributed by atoms with Crippen LogP contribution in [0.3, 0.4) is 0 Å². The molecular weight excluding hydrogens is 523 g/mol. The van der Waals surface area contributed by atoms with Crippen LogP contribution in [0, 0.1) is 14.4 Å². The van der Waals surface area contributed by atoms with E-state index >= 15 is 0 Å². The molecule has 176 valence electrons. The average Bonchev–Trinajstić information content (AvgIpc) is 2.91. The van der Waals surface area contributed by atoms with E-state index in [4.69, 9.17) is 0 Å². The Balaban J connectivity index is 0.00000133. The van der Waals surface area contributed by atoms with Gasteiger partial charge in [-0.2, -0.15) is 0 Å². The van der Waals surface area contributed by atoms with Gasteiger partial charge in [0.1, 0.15) is 0 Å². The van der Waals surface area contributed by atoms with Crippen LogP contribution in [0.4, 0.5) is 0 Å². The van der Waals surface area contributed by atoms with Crippen molar-refractivity contribution in [2.75, 3.05) is 6.54 Å². The Morgan fingerprint density at radius 1 is 0.647 bits per heavy atom. The van der Waals surface area contributed by atoms with E-state index in [1.54, 1.807) is 0 Å². The van der Waals surface area contributed by atoms with Crippen LogP contribution in [0.5, 0.6) is 0 Å². The Hall–Kier alpha value is -2.25. The number of aryl methyl sites for hydroxylation is 1. The molecule has 0 aromatic heterocycles. The van der Waals surface area contributed by atoms with Gasteiger partial charge >= 0.3 is 27.0 Å². The molecule has 4 rings (SSSR count). The maximum absolute atomic E-state index is 4.57. The van der Waals surface area contributed by atoms with Crippen molar-refractivity contribution in [2.45, 2.75) is 24.8 Å². The molecule has 0 spiro atoms. The molecule has 0 bridgehead atoms. The molecule has 0 heterocycles. The molecule has 2 atom stereocenters. The number of hydrogen-bond acceptors (Lipinski definition) is 1. The summed E-state index contributed by atoms with van der Waals surface area (Å²) in [6, 6.07) is 41.0. The van der Waals surface area contributed by atoms with Crippen LogP contribution < -0.4 is 5.32 Å². The van der Waals surface area contributed by atoms with Gasteiger partial charge in [-0.1, -0.05) is 121 Å². The monoisotopic (exact) mass is 556 g/mol. The molecule has 0 unspecified atom stereocenters. The van der Waals surface area contributed by atoms with Crippen LogP contribution in [-0.4, -0.2) is 6.54 Å². The third kappa shape index (κ3) is 8.21. The van der Waals surface area contributed by atoms with E-state index in [9.17, 15) is 0 Å². The van der Waals surface area contributed by atoms with E-state index in [0.717, 1.165) is 19.4 Å². The van der Waals surface area contributed by atoms with Crippen molar-refractivity contribution in [3.63, 3.8) is 0 Å². The third-order valence-electron chi connectivity index (χ3n) is 5.86. The summed E-state index contributed by atoms with van der Waals surface area (Å²) in [6.45, 7) is 5.46. The van der Waals surface area contributed by atoms with Gasteiger partial charge in [-0.25, -0.2) is 0 Å². The van der Waals surface area contributed by atoms with Crippen LogP contribution >= 0.6 is 9.69 Å². The van der Waals surface area contributed by atoms with Crippen LogP contribution in [0.15, 0.2) is 115 Å². The molecule has 0 saturated carbocycles.